The number of allylic oxidation sites excluding steroid dienone is 4. The summed E-state index contributed by atoms with van der Waals surface area (Å²) in [5.41, 5.74) is 0. The van der Waals surface area contributed by atoms with Crippen molar-refractivity contribution in [2.24, 2.45) is 0 Å². The molecule has 0 aromatic carbocycles. The number of rotatable bonds is 9. The van der Waals surface area contributed by atoms with Crippen LogP contribution in [-0.2, 0) is 4.79 Å². The highest BCUT2D eigenvalue weighted by Crippen LogP contribution is 1.97. The van der Waals surface area contributed by atoms with Gasteiger partial charge in [-0.3, -0.25) is 4.79 Å². The van der Waals surface area contributed by atoms with Gasteiger partial charge in [0.25, 0.3) is 0 Å². The summed E-state index contributed by atoms with van der Waals surface area (Å²) in [5.74, 6) is -0.745. The molecule has 0 aliphatic rings. The average Bonchev–Trinajstić information content (AvgIpc) is 2.37. The van der Waals surface area contributed by atoms with E-state index in [1.807, 2.05) is 0 Å². The second-order valence-corrected chi connectivity index (χ2v) is 3.97. The third kappa shape index (κ3) is 24.2. The van der Waals surface area contributed by atoms with Crippen LogP contribution < -0.4 is 0 Å². The van der Waals surface area contributed by atoms with E-state index in [1.54, 1.807) is 6.92 Å². The molecule has 0 saturated heterocycles. The lowest BCUT2D eigenvalue weighted by atomic mass is 10.2. The Morgan fingerprint density at radius 1 is 1.00 bits per heavy atom. The van der Waals surface area contributed by atoms with Crippen LogP contribution in [0.3, 0.4) is 0 Å². The van der Waals surface area contributed by atoms with E-state index >= 15 is 0 Å². The summed E-state index contributed by atoms with van der Waals surface area (Å²) >= 11 is 0. The van der Waals surface area contributed by atoms with Gasteiger partial charge < -0.3 is 10.2 Å². The van der Waals surface area contributed by atoms with Crippen molar-refractivity contribution in [3.8, 4) is 0 Å². The molecule has 0 heterocycles. The van der Waals surface area contributed by atoms with Crippen LogP contribution in [-0.4, -0.2) is 22.8 Å². The van der Waals surface area contributed by atoms with Gasteiger partial charge in [0.2, 0.25) is 0 Å². The van der Waals surface area contributed by atoms with Crippen molar-refractivity contribution in [1.82, 2.24) is 0 Å². The Labute approximate surface area is 111 Å². The minimum absolute atomic E-state index is 0.222. The Kier molecular flexibility index (Phi) is 19.6. The van der Waals surface area contributed by atoms with Crippen molar-refractivity contribution in [2.45, 2.75) is 58.8 Å². The number of hydrogen-bond acceptors (Lipinski definition) is 2. The van der Waals surface area contributed by atoms with E-state index in [4.69, 9.17) is 10.2 Å². The SMILES string of the molecule is CCC(=O)O.CCCC/C=C\C=C\CCCCO. The largest absolute Gasteiger partial charge is 0.481 e. The number of carboxylic acid groups (broad SMARTS) is 1. The summed E-state index contributed by atoms with van der Waals surface area (Å²) in [4.78, 5) is 9.37. The molecule has 2 N–H and O–H groups in total. The zero-order chi connectivity index (χ0) is 14.1. The van der Waals surface area contributed by atoms with Gasteiger partial charge in [-0.05, 0) is 25.7 Å². The van der Waals surface area contributed by atoms with Crippen LogP contribution in [0.15, 0.2) is 24.3 Å². The molecule has 0 atom stereocenters. The number of hydrogen-bond donors (Lipinski definition) is 2. The molecule has 0 amide bonds. The van der Waals surface area contributed by atoms with Gasteiger partial charge in [0.05, 0.1) is 0 Å². The number of aliphatic hydroxyl groups excluding tert-OH is 1. The Morgan fingerprint density at radius 3 is 1.89 bits per heavy atom. The highest BCUT2D eigenvalue weighted by atomic mass is 16.4. The van der Waals surface area contributed by atoms with E-state index < -0.39 is 5.97 Å². The molecule has 0 aliphatic carbocycles. The molecule has 0 bridgehead atoms. The van der Waals surface area contributed by atoms with Gasteiger partial charge >= 0.3 is 5.97 Å². The maximum atomic E-state index is 9.37. The monoisotopic (exact) mass is 256 g/mol. The van der Waals surface area contributed by atoms with E-state index in [-0.39, 0.29) is 6.42 Å². The number of aliphatic hydroxyl groups is 1. The number of aliphatic carboxylic acids is 1. The molecular weight excluding hydrogens is 228 g/mol. The van der Waals surface area contributed by atoms with Crippen LogP contribution in [0.5, 0.6) is 0 Å². The van der Waals surface area contributed by atoms with Crippen LogP contribution in [0.2, 0.25) is 0 Å². The van der Waals surface area contributed by atoms with Crippen LogP contribution in [0, 0.1) is 0 Å². The van der Waals surface area contributed by atoms with Crippen molar-refractivity contribution >= 4 is 5.97 Å². The molecule has 0 fully saturated rings. The predicted octanol–water partition coefficient (Wildman–Crippen LogP) is 3.93. The number of carbonyl (C=O) groups is 1. The summed E-state index contributed by atoms with van der Waals surface area (Å²) in [6, 6.07) is 0. The topological polar surface area (TPSA) is 57.5 Å². The van der Waals surface area contributed by atoms with Crippen molar-refractivity contribution in [3.63, 3.8) is 0 Å². The maximum absolute atomic E-state index is 9.37. The molecule has 0 unspecified atom stereocenters. The summed E-state index contributed by atoms with van der Waals surface area (Å²) in [6.07, 6.45) is 15.7. The fraction of sp³-hybridized carbons (Fsp3) is 0.667. The molecule has 0 saturated carbocycles. The number of carboxylic acids is 1. The standard InChI is InChI=1S/C12H22O.C3H6O2/c1-2-3-4-5-6-7-8-9-10-11-12-13;1-2-3(4)5/h5-8,13H,2-4,9-12H2,1H3;2H2,1H3,(H,4,5)/b6-5-,8-7+;. The quantitative estimate of drug-likeness (QED) is 0.485. The van der Waals surface area contributed by atoms with Crippen molar-refractivity contribution in [2.75, 3.05) is 6.61 Å². The Bertz CT molecular complexity index is 220. The summed E-state index contributed by atoms with van der Waals surface area (Å²) in [5, 5.41) is 16.3. The first-order valence-corrected chi connectivity index (χ1v) is 6.83. The maximum Gasteiger partial charge on any atom is 0.303 e. The molecule has 0 rings (SSSR count). The first-order chi connectivity index (χ1) is 8.68. The molecule has 106 valence electrons. The van der Waals surface area contributed by atoms with Gasteiger partial charge in [0.1, 0.15) is 0 Å². The van der Waals surface area contributed by atoms with Crippen LogP contribution in [0.4, 0.5) is 0 Å². The van der Waals surface area contributed by atoms with Gasteiger partial charge in [-0.25, -0.2) is 0 Å². The van der Waals surface area contributed by atoms with E-state index in [0.29, 0.717) is 6.61 Å². The average molecular weight is 256 g/mol. The molecular formula is C15H28O3. The highest BCUT2D eigenvalue weighted by Gasteiger charge is 1.81. The minimum Gasteiger partial charge on any atom is -0.481 e. The lowest BCUT2D eigenvalue weighted by molar-refractivity contribution is -0.136. The van der Waals surface area contributed by atoms with Crippen molar-refractivity contribution in [3.05, 3.63) is 24.3 Å². The normalized spacial score (nSPS) is 10.6. The molecule has 3 nitrogen and oxygen atoms in total. The fourth-order valence-electron chi connectivity index (χ4n) is 1.05. The van der Waals surface area contributed by atoms with E-state index in [2.05, 4.69) is 31.2 Å². The van der Waals surface area contributed by atoms with Crippen LogP contribution in [0.25, 0.3) is 0 Å². The van der Waals surface area contributed by atoms with Crippen molar-refractivity contribution in [1.29, 1.82) is 0 Å². The number of unbranched alkanes of at least 4 members (excludes halogenated alkanes) is 4. The molecule has 18 heavy (non-hydrogen) atoms. The van der Waals surface area contributed by atoms with E-state index in [9.17, 15) is 4.79 Å². The van der Waals surface area contributed by atoms with E-state index in [1.165, 1.54) is 19.3 Å². The van der Waals surface area contributed by atoms with Gasteiger partial charge in [0, 0.05) is 13.0 Å². The second kappa shape index (κ2) is 18.3. The Hall–Kier alpha value is -1.09. The molecule has 0 aliphatic heterocycles. The van der Waals surface area contributed by atoms with Crippen molar-refractivity contribution < 1.29 is 15.0 Å². The van der Waals surface area contributed by atoms with Crippen LogP contribution in [0.1, 0.15) is 58.8 Å². The zero-order valence-electron chi connectivity index (χ0n) is 11.8. The van der Waals surface area contributed by atoms with Gasteiger partial charge in [-0.15, -0.1) is 0 Å². The fourth-order valence-corrected chi connectivity index (χ4v) is 1.05. The van der Waals surface area contributed by atoms with Crippen LogP contribution >= 0.6 is 0 Å². The summed E-state index contributed by atoms with van der Waals surface area (Å²) in [7, 11) is 0. The molecule has 3 heteroatoms. The lowest BCUT2D eigenvalue weighted by Crippen LogP contribution is -1.86. The zero-order valence-corrected chi connectivity index (χ0v) is 11.8. The predicted molar refractivity (Wildman–Crippen MR) is 76.7 cm³/mol. The molecule has 0 aromatic heterocycles. The third-order valence-corrected chi connectivity index (χ3v) is 2.19. The molecule has 0 aromatic rings. The van der Waals surface area contributed by atoms with Gasteiger partial charge in [0.15, 0.2) is 0 Å². The van der Waals surface area contributed by atoms with Gasteiger partial charge in [-0.1, -0.05) is 51.0 Å². The summed E-state index contributed by atoms with van der Waals surface area (Å²) in [6.45, 7) is 4.13. The lowest BCUT2D eigenvalue weighted by Gasteiger charge is -1.89. The van der Waals surface area contributed by atoms with E-state index in [0.717, 1.165) is 19.3 Å². The minimum atomic E-state index is -0.745. The first-order valence-electron chi connectivity index (χ1n) is 6.83. The highest BCUT2D eigenvalue weighted by molar-refractivity contribution is 5.66. The second-order valence-electron chi connectivity index (χ2n) is 3.97. The smallest absolute Gasteiger partial charge is 0.303 e. The third-order valence-electron chi connectivity index (χ3n) is 2.19. The molecule has 0 radical (unpaired) electrons. The Morgan fingerprint density at radius 2 is 1.50 bits per heavy atom. The Balaban J connectivity index is 0. The van der Waals surface area contributed by atoms with Gasteiger partial charge in [-0.2, -0.15) is 0 Å². The molecule has 0 spiro atoms. The summed E-state index contributed by atoms with van der Waals surface area (Å²) < 4.78 is 0. The first kappa shape index (κ1) is 19.3.